The molecule has 0 aliphatic rings. The highest BCUT2D eigenvalue weighted by Crippen LogP contribution is 2.23. The maximum absolute atomic E-state index is 11.2. The van der Waals surface area contributed by atoms with Crippen LogP contribution in [0.15, 0.2) is 21.9 Å². The fraction of sp³-hybridized carbons (Fsp3) is 0.333. The summed E-state index contributed by atoms with van der Waals surface area (Å²) in [6.07, 6.45) is 0.0533. The van der Waals surface area contributed by atoms with Crippen LogP contribution in [0.2, 0.25) is 0 Å². The van der Waals surface area contributed by atoms with Gasteiger partial charge in [0.1, 0.15) is 0 Å². The molecule has 1 aromatic carbocycles. The molecule has 0 bridgehead atoms. The van der Waals surface area contributed by atoms with Crippen LogP contribution in [0.1, 0.15) is 11.1 Å². The molecule has 0 atom stereocenters. The lowest BCUT2D eigenvalue weighted by Crippen LogP contribution is -2.15. The second-order valence-corrected chi connectivity index (χ2v) is 6.65. The van der Waals surface area contributed by atoms with E-state index < -0.39 is 29.9 Å². The lowest BCUT2D eigenvalue weighted by Gasteiger charge is -2.11. The Labute approximate surface area is 105 Å². The van der Waals surface area contributed by atoms with E-state index in [0.717, 1.165) is 6.07 Å². The molecular weight excluding hydrogens is 282 g/mol. The van der Waals surface area contributed by atoms with Crippen molar-refractivity contribution >= 4 is 20.1 Å². The zero-order chi connectivity index (χ0) is 14.1. The SMILES string of the molecule is Cc1c(CCO)cc(S(N)(=O)=O)cc1S(=O)(=O)O. The molecule has 18 heavy (non-hydrogen) atoms. The molecule has 7 nitrogen and oxygen atoms in total. The smallest absolute Gasteiger partial charge is 0.294 e. The molecule has 102 valence electrons. The van der Waals surface area contributed by atoms with E-state index in [1.165, 1.54) is 13.0 Å². The third-order valence-corrected chi connectivity index (χ3v) is 4.30. The second-order valence-electron chi connectivity index (χ2n) is 3.70. The number of hydrogen-bond acceptors (Lipinski definition) is 5. The fourth-order valence-corrected chi connectivity index (χ4v) is 2.99. The van der Waals surface area contributed by atoms with Crippen molar-refractivity contribution in [3.8, 4) is 0 Å². The average molecular weight is 295 g/mol. The number of benzene rings is 1. The minimum atomic E-state index is -4.56. The predicted molar refractivity (Wildman–Crippen MR) is 63.2 cm³/mol. The van der Waals surface area contributed by atoms with Gasteiger partial charge in [-0.2, -0.15) is 8.42 Å². The van der Waals surface area contributed by atoms with Gasteiger partial charge in [-0.1, -0.05) is 0 Å². The van der Waals surface area contributed by atoms with E-state index in [-0.39, 0.29) is 24.2 Å². The Kier molecular flexibility index (Phi) is 4.13. The van der Waals surface area contributed by atoms with Crippen molar-refractivity contribution in [3.63, 3.8) is 0 Å². The number of aliphatic hydroxyl groups is 1. The van der Waals surface area contributed by atoms with Crippen LogP contribution in [0.3, 0.4) is 0 Å². The molecule has 0 spiro atoms. The zero-order valence-electron chi connectivity index (χ0n) is 9.49. The van der Waals surface area contributed by atoms with Crippen molar-refractivity contribution in [1.29, 1.82) is 0 Å². The first-order valence-electron chi connectivity index (χ1n) is 4.82. The molecule has 0 saturated carbocycles. The number of rotatable bonds is 4. The summed E-state index contributed by atoms with van der Waals surface area (Å²) in [5.74, 6) is 0. The summed E-state index contributed by atoms with van der Waals surface area (Å²) in [5.41, 5.74) is 0.468. The maximum atomic E-state index is 11.2. The van der Waals surface area contributed by atoms with Crippen LogP contribution in [0, 0.1) is 6.92 Å². The molecule has 0 heterocycles. The van der Waals surface area contributed by atoms with E-state index in [9.17, 15) is 16.8 Å². The summed E-state index contributed by atoms with van der Waals surface area (Å²) in [6, 6.07) is 1.97. The van der Waals surface area contributed by atoms with Crippen LogP contribution < -0.4 is 5.14 Å². The molecule has 4 N–H and O–H groups in total. The molecule has 0 amide bonds. The van der Waals surface area contributed by atoms with Crippen LogP contribution in [0.5, 0.6) is 0 Å². The van der Waals surface area contributed by atoms with E-state index >= 15 is 0 Å². The molecule has 9 heteroatoms. The van der Waals surface area contributed by atoms with Crippen molar-refractivity contribution in [1.82, 2.24) is 0 Å². The molecule has 0 fully saturated rings. The summed E-state index contributed by atoms with van der Waals surface area (Å²) in [4.78, 5) is -0.957. The number of primary sulfonamides is 1. The van der Waals surface area contributed by atoms with Crippen LogP contribution in [0.25, 0.3) is 0 Å². The van der Waals surface area contributed by atoms with Gasteiger partial charge in [0, 0.05) is 6.61 Å². The van der Waals surface area contributed by atoms with Gasteiger partial charge in [-0.25, -0.2) is 13.6 Å². The summed E-state index contributed by atoms with van der Waals surface area (Å²) in [6.45, 7) is 1.11. The number of hydrogen-bond donors (Lipinski definition) is 3. The molecule has 0 unspecified atom stereocenters. The Morgan fingerprint density at radius 2 is 1.78 bits per heavy atom. The van der Waals surface area contributed by atoms with Gasteiger partial charge in [-0.05, 0) is 36.6 Å². The largest absolute Gasteiger partial charge is 0.396 e. The van der Waals surface area contributed by atoms with Gasteiger partial charge in [0.15, 0.2) is 0 Å². The van der Waals surface area contributed by atoms with Gasteiger partial charge >= 0.3 is 0 Å². The van der Waals surface area contributed by atoms with E-state index in [1.54, 1.807) is 0 Å². The van der Waals surface area contributed by atoms with Crippen molar-refractivity contribution in [2.24, 2.45) is 5.14 Å². The van der Waals surface area contributed by atoms with Gasteiger partial charge in [0.25, 0.3) is 10.1 Å². The molecule has 0 aliphatic heterocycles. The van der Waals surface area contributed by atoms with Crippen LogP contribution in [-0.2, 0) is 26.6 Å². The van der Waals surface area contributed by atoms with Crippen molar-refractivity contribution in [2.75, 3.05) is 6.61 Å². The quantitative estimate of drug-likeness (QED) is 0.636. The lowest BCUT2D eigenvalue weighted by atomic mass is 10.1. The maximum Gasteiger partial charge on any atom is 0.294 e. The second kappa shape index (κ2) is 4.94. The first kappa shape index (κ1) is 15.1. The van der Waals surface area contributed by atoms with Crippen LogP contribution >= 0.6 is 0 Å². The molecule has 1 aromatic rings. The number of sulfonamides is 1. The average Bonchev–Trinajstić information content (AvgIpc) is 2.17. The van der Waals surface area contributed by atoms with E-state index in [1.807, 2.05) is 0 Å². The minimum absolute atomic E-state index is 0.0533. The summed E-state index contributed by atoms with van der Waals surface area (Å²) in [5, 5.41) is 13.8. The van der Waals surface area contributed by atoms with Crippen molar-refractivity contribution in [3.05, 3.63) is 23.3 Å². The third kappa shape index (κ3) is 3.27. The topological polar surface area (TPSA) is 135 Å². The molecule has 1 rings (SSSR count). The Hall–Kier alpha value is -1.00. The molecular formula is C9H13NO6S2. The van der Waals surface area contributed by atoms with Crippen molar-refractivity contribution < 1.29 is 26.5 Å². The summed E-state index contributed by atoms with van der Waals surface area (Å²) >= 11 is 0. The molecule has 0 saturated heterocycles. The standard InChI is InChI=1S/C9H13NO6S2/c1-6-7(2-3-11)4-8(17(10,12)13)5-9(6)18(14,15)16/h4-5,11H,2-3H2,1H3,(H2,10,12,13)(H,14,15,16). The first-order chi connectivity index (χ1) is 8.07. The Morgan fingerprint density at radius 1 is 1.22 bits per heavy atom. The van der Waals surface area contributed by atoms with Crippen molar-refractivity contribution in [2.45, 2.75) is 23.1 Å². The highest BCUT2D eigenvalue weighted by atomic mass is 32.2. The monoisotopic (exact) mass is 295 g/mol. The summed E-state index contributed by atoms with van der Waals surface area (Å²) < 4.78 is 53.8. The predicted octanol–water partition coefficient (Wildman–Crippen LogP) is -0.576. The van der Waals surface area contributed by atoms with Crippen LogP contribution in [0.4, 0.5) is 0 Å². The van der Waals surface area contributed by atoms with E-state index in [0.29, 0.717) is 0 Å². The Morgan fingerprint density at radius 3 is 2.17 bits per heavy atom. The minimum Gasteiger partial charge on any atom is -0.396 e. The normalized spacial score (nSPS) is 12.7. The van der Waals surface area contributed by atoms with Gasteiger partial charge in [-0.15, -0.1) is 0 Å². The molecule has 0 aromatic heterocycles. The van der Waals surface area contributed by atoms with Crippen LogP contribution in [-0.4, -0.2) is 33.1 Å². The zero-order valence-corrected chi connectivity index (χ0v) is 11.1. The Bertz CT molecular complexity index is 663. The first-order valence-corrected chi connectivity index (χ1v) is 7.80. The van der Waals surface area contributed by atoms with E-state index in [4.69, 9.17) is 14.8 Å². The molecule has 0 radical (unpaired) electrons. The van der Waals surface area contributed by atoms with E-state index in [2.05, 4.69) is 0 Å². The third-order valence-electron chi connectivity index (χ3n) is 2.43. The molecule has 0 aliphatic carbocycles. The fourth-order valence-electron chi connectivity index (χ4n) is 1.53. The summed E-state index contributed by atoms with van der Waals surface area (Å²) in [7, 11) is -8.66. The highest BCUT2D eigenvalue weighted by Gasteiger charge is 2.20. The number of aliphatic hydroxyl groups excluding tert-OH is 1. The highest BCUT2D eigenvalue weighted by molar-refractivity contribution is 7.89. The number of nitrogens with two attached hydrogens (primary N) is 1. The Balaban J connectivity index is 3.68. The van der Waals surface area contributed by atoms with Gasteiger partial charge in [0.2, 0.25) is 10.0 Å². The van der Waals surface area contributed by atoms with Gasteiger partial charge in [0.05, 0.1) is 9.79 Å². The lowest BCUT2D eigenvalue weighted by molar-refractivity contribution is 0.299. The van der Waals surface area contributed by atoms with Gasteiger partial charge in [-0.3, -0.25) is 4.55 Å². The van der Waals surface area contributed by atoms with Gasteiger partial charge < -0.3 is 5.11 Å².